The summed E-state index contributed by atoms with van der Waals surface area (Å²) in [5.41, 5.74) is 0. The molecule has 52 valence electrons. The third kappa shape index (κ3) is 0.970. The Morgan fingerprint density at radius 1 is 1.44 bits per heavy atom. The van der Waals surface area contributed by atoms with Gasteiger partial charge in [-0.05, 0) is 19.8 Å². The van der Waals surface area contributed by atoms with Gasteiger partial charge in [-0.25, -0.2) is 0 Å². The molecule has 2 rings (SSSR count). The summed E-state index contributed by atoms with van der Waals surface area (Å²) < 4.78 is 5.61. The van der Waals surface area contributed by atoms with Gasteiger partial charge in [-0.15, -0.1) is 0 Å². The van der Waals surface area contributed by atoms with Crippen LogP contribution in [-0.2, 0) is 4.74 Å². The third-order valence-electron chi connectivity index (χ3n) is 2.22. The van der Waals surface area contributed by atoms with E-state index in [2.05, 4.69) is 12.2 Å². The van der Waals surface area contributed by atoms with Crippen molar-refractivity contribution in [2.45, 2.75) is 38.0 Å². The quantitative estimate of drug-likeness (QED) is 0.512. The lowest BCUT2D eigenvalue weighted by molar-refractivity contribution is -0.0174. The zero-order valence-electron chi connectivity index (χ0n) is 5.76. The van der Waals surface area contributed by atoms with Crippen LogP contribution in [0.3, 0.4) is 0 Å². The van der Waals surface area contributed by atoms with Crippen LogP contribution in [0.5, 0.6) is 0 Å². The van der Waals surface area contributed by atoms with Gasteiger partial charge in [0, 0.05) is 12.6 Å². The van der Waals surface area contributed by atoms with E-state index in [0.717, 1.165) is 12.6 Å². The average molecular weight is 127 g/mol. The van der Waals surface area contributed by atoms with Gasteiger partial charge in [0.1, 0.15) is 0 Å². The second-order valence-corrected chi connectivity index (χ2v) is 3.15. The highest BCUT2D eigenvalue weighted by Gasteiger charge is 2.32. The summed E-state index contributed by atoms with van der Waals surface area (Å²) in [6.07, 6.45) is 3.46. The van der Waals surface area contributed by atoms with Crippen molar-refractivity contribution in [1.82, 2.24) is 5.32 Å². The molecule has 0 aliphatic carbocycles. The molecule has 3 atom stereocenters. The van der Waals surface area contributed by atoms with Crippen LogP contribution < -0.4 is 5.32 Å². The Bertz CT molecular complexity index is 103. The van der Waals surface area contributed by atoms with Crippen LogP contribution in [0.25, 0.3) is 0 Å². The Hall–Kier alpha value is -0.0800. The first-order chi connectivity index (χ1) is 4.34. The number of rotatable bonds is 0. The minimum absolute atomic E-state index is 0.490. The van der Waals surface area contributed by atoms with Crippen molar-refractivity contribution in [3.8, 4) is 0 Å². The molecule has 0 aromatic heterocycles. The molecule has 3 unspecified atom stereocenters. The van der Waals surface area contributed by atoms with Crippen molar-refractivity contribution in [2.24, 2.45) is 0 Å². The maximum atomic E-state index is 5.61. The zero-order valence-corrected chi connectivity index (χ0v) is 5.76. The molecule has 2 heteroatoms. The topological polar surface area (TPSA) is 21.3 Å². The summed E-state index contributed by atoms with van der Waals surface area (Å²) in [4.78, 5) is 0. The first kappa shape index (κ1) is 5.69. The fourth-order valence-corrected chi connectivity index (χ4v) is 1.85. The standard InChI is InChI=1S/C7H13NO/c1-5-2-6-3-7(9-5)4-8-6/h5-8H,2-4H2,1H3. The van der Waals surface area contributed by atoms with E-state index in [4.69, 9.17) is 4.74 Å². The molecule has 1 N–H and O–H groups in total. The molecule has 0 amide bonds. The maximum Gasteiger partial charge on any atom is 0.0718 e. The summed E-state index contributed by atoms with van der Waals surface area (Å²) in [6, 6.07) is 0.763. The Morgan fingerprint density at radius 2 is 2.33 bits per heavy atom. The van der Waals surface area contributed by atoms with Crippen molar-refractivity contribution in [1.29, 1.82) is 0 Å². The van der Waals surface area contributed by atoms with Gasteiger partial charge < -0.3 is 10.1 Å². The predicted molar refractivity (Wildman–Crippen MR) is 35.4 cm³/mol. The van der Waals surface area contributed by atoms with E-state index in [1.165, 1.54) is 12.8 Å². The van der Waals surface area contributed by atoms with Crippen LogP contribution in [0.2, 0.25) is 0 Å². The van der Waals surface area contributed by atoms with E-state index in [9.17, 15) is 0 Å². The smallest absolute Gasteiger partial charge is 0.0718 e. The molecule has 2 heterocycles. The molecule has 9 heavy (non-hydrogen) atoms. The SMILES string of the molecule is CC1CC2CC(CN2)O1. The number of ether oxygens (including phenoxy) is 1. The number of hydrogen-bond donors (Lipinski definition) is 1. The van der Waals surface area contributed by atoms with Gasteiger partial charge in [-0.3, -0.25) is 0 Å². The number of nitrogens with one attached hydrogen (secondary N) is 1. The lowest BCUT2D eigenvalue weighted by atomic mass is 10.0. The van der Waals surface area contributed by atoms with Crippen molar-refractivity contribution in [3.63, 3.8) is 0 Å². The third-order valence-corrected chi connectivity index (χ3v) is 2.22. The second kappa shape index (κ2) is 1.96. The molecule has 2 bridgehead atoms. The highest BCUT2D eigenvalue weighted by atomic mass is 16.5. The lowest BCUT2D eigenvalue weighted by Crippen LogP contribution is -2.29. The Balaban J connectivity index is 2.03. The summed E-state index contributed by atoms with van der Waals surface area (Å²) in [6.45, 7) is 3.24. The van der Waals surface area contributed by atoms with E-state index in [1.807, 2.05) is 0 Å². The van der Waals surface area contributed by atoms with E-state index in [0.29, 0.717) is 12.2 Å². The highest BCUT2D eigenvalue weighted by molar-refractivity contribution is 4.88. The minimum Gasteiger partial charge on any atom is -0.374 e. The highest BCUT2D eigenvalue weighted by Crippen LogP contribution is 2.23. The molecular formula is C7H13NO. The first-order valence-corrected chi connectivity index (χ1v) is 3.73. The maximum absolute atomic E-state index is 5.61. The molecule has 2 saturated heterocycles. The fraction of sp³-hybridized carbons (Fsp3) is 1.00. The minimum atomic E-state index is 0.490. The predicted octanol–water partition coefficient (Wildman–Crippen LogP) is 0.526. The van der Waals surface area contributed by atoms with Crippen LogP contribution in [0.15, 0.2) is 0 Å². The Morgan fingerprint density at radius 3 is 3.11 bits per heavy atom. The van der Waals surface area contributed by atoms with E-state index in [-0.39, 0.29) is 0 Å². The molecule has 0 aromatic rings. The van der Waals surface area contributed by atoms with Crippen molar-refractivity contribution in [2.75, 3.05) is 6.54 Å². The summed E-state index contributed by atoms with van der Waals surface area (Å²) in [5, 5.41) is 3.42. The largest absolute Gasteiger partial charge is 0.374 e. The Kier molecular flexibility index (Phi) is 1.24. The number of hydrogen-bond acceptors (Lipinski definition) is 2. The fourth-order valence-electron chi connectivity index (χ4n) is 1.85. The monoisotopic (exact) mass is 127 g/mol. The average Bonchev–Trinajstić information content (AvgIpc) is 2.11. The molecular weight excluding hydrogens is 114 g/mol. The molecule has 2 aliphatic heterocycles. The van der Waals surface area contributed by atoms with E-state index in [1.54, 1.807) is 0 Å². The zero-order chi connectivity index (χ0) is 6.27. The van der Waals surface area contributed by atoms with Gasteiger partial charge in [0.2, 0.25) is 0 Å². The molecule has 0 spiro atoms. The molecule has 2 nitrogen and oxygen atoms in total. The molecule has 2 aliphatic rings. The van der Waals surface area contributed by atoms with Crippen LogP contribution in [-0.4, -0.2) is 24.8 Å². The normalized spacial score (nSPS) is 49.7. The van der Waals surface area contributed by atoms with Crippen LogP contribution in [0, 0.1) is 0 Å². The van der Waals surface area contributed by atoms with Gasteiger partial charge >= 0.3 is 0 Å². The van der Waals surface area contributed by atoms with E-state index < -0.39 is 0 Å². The van der Waals surface area contributed by atoms with Crippen LogP contribution in [0.4, 0.5) is 0 Å². The van der Waals surface area contributed by atoms with Crippen LogP contribution in [0.1, 0.15) is 19.8 Å². The number of fused-ring (bicyclic) bond motifs is 2. The van der Waals surface area contributed by atoms with E-state index >= 15 is 0 Å². The lowest BCUT2D eigenvalue weighted by Gasteiger charge is -2.24. The molecule has 0 aromatic carbocycles. The van der Waals surface area contributed by atoms with Gasteiger partial charge in [-0.2, -0.15) is 0 Å². The van der Waals surface area contributed by atoms with Gasteiger partial charge in [0.05, 0.1) is 12.2 Å². The first-order valence-electron chi connectivity index (χ1n) is 3.73. The Labute approximate surface area is 55.6 Å². The summed E-state index contributed by atoms with van der Waals surface area (Å²) in [7, 11) is 0. The van der Waals surface area contributed by atoms with Crippen molar-refractivity contribution in [3.05, 3.63) is 0 Å². The summed E-state index contributed by atoms with van der Waals surface area (Å²) in [5.74, 6) is 0. The van der Waals surface area contributed by atoms with Crippen molar-refractivity contribution >= 4 is 0 Å². The van der Waals surface area contributed by atoms with Gasteiger partial charge in [-0.1, -0.05) is 0 Å². The second-order valence-electron chi connectivity index (χ2n) is 3.15. The molecule has 0 saturated carbocycles. The molecule has 0 radical (unpaired) electrons. The molecule has 2 fully saturated rings. The van der Waals surface area contributed by atoms with Crippen LogP contribution >= 0.6 is 0 Å². The summed E-state index contributed by atoms with van der Waals surface area (Å²) >= 11 is 0. The van der Waals surface area contributed by atoms with Gasteiger partial charge in [0.25, 0.3) is 0 Å². The van der Waals surface area contributed by atoms with Crippen molar-refractivity contribution < 1.29 is 4.74 Å². The van der Waals surface area contributed by atoms with Gasteiger partial charge in [0.15, 0.2) is 0 Å².